The van der Waals surface area contributed by atoms with Crippen LogP contribution in [0.15, 0.2) is 24.3 Å². The van der Waals surface area contributed by atoms with Crippen LogP contribution in [-0.4, -0.2) is 37.9 Å². The molecule has 1 atom stereocenters. The Morgan fingerprint density at radius 1 is 1.32 bits per heavy atom. The highest BCUT2D eigenvalue weighted by molar-refractivity contribution is 6.03. The third-order valence-electron chi connectivity index (χ3n) is 4.79. The number of hydrogen-bond donors (Lipinski definition) is 2. The first kappa shape index (κ1) is 15.8. The molecule has 1 aliphatic heterocycles. The lowest BCUT2D eigenvalue weighted by Gasteiger charge is -2.29. The van der Waals surface area contributed by atoms with Crippen molar-refractivity contribution in [3.05, 3.63) is 41.2 Å². The van der Waals surface area contributed by atoms with Gasteiger partial charge in [-0.05, 0) is 30.4 Å². The summed E-state index contributed by atoms with van der Waals surface area (Å²) >= 11 is 0. The predicted molar refractivity (Wildman–Crippen MR) is 91.9 cm³/mol. The van der Waals surface area contributed by atoms with Crippen LogP contribution >= 0.6 is 0 Å². The molecular weight excluding hydrogens is 318 g/mol. The summed E-state index contributed by atoms with van der Waals surface area (Å²) in [6.45, 7) is 4.33. The van der Waals surface area contributed by atoms with Crippen molar-refractivity contribution >= 4 is 17.8 Å². The van der Waals surface area contributed by atoms with Gasteiger partial charge in [-0.2, -0.15) is 4.98 Å². The van der Waals surface area contributed by atoms with Crippen LogP contribution in [0.5, 0.6) is 0 Å². The van der Waals surface area contributed by atoms with Gasteiger partial charge >= 0.3 is 0 Å². The quantitative estimate of drug-likeness (QED) is 0.874. The molecule has 0 spiro atoms. The lowest BCUT2D eigenvalue weighted by Crippen LogP contribution is -2.47. The number of rotatable bonds is 5. The summed E-state index contributed by atoms with van der Waals surface area (Å²) in [4.78, 5) is 31.5. The van der Waals surface area contributed by atoms with E-state index in [2.05, 4.69) is 20.5 Å². The van der Waals surface area contributed by atoms with E-state index in [0.717, 1.165) is 24.2 Å². The third-order valence-corrected chi connectivity index (χ3v) is 4.79. The van der Waals surface area contributed by atoms with Crippen molar-refractivity contribution in [3.63, 3.8) is 0 Å². The molecule has 130 valence electrons. The fourth-order valence-electron chi connectivity index (χ4n) is 3.36. The molecule has 25 heavy (non-hydrogen) atoms. The summed E-state index contributed by atoms with van der Waals surface area (Å²) in [7, 11) is 0. The van der Waals surface area contributed by atoms with Crippen molar-refractivity contribution in [1.82, 2.24) is 20.1 Å². The summed E-state index contributed by atoms with van der Waals surface area (Å²) in [5.41, 5.74) is 1.63. The molecule has 1 unspecified atom stereocenters. The smallest absolute Gasteiger partial charge is 0.255 e. The molecule has 1 aromatic heterocycles. The van der Waals surface area contributed by atoms with Gasteiger partial charge in [0.2, 0.25) is 11.9 Å². The lowest BCUT2D eigenvalue weighted by atomic mass is 10.0. The number of carbonyl (C=O) groups is 2. The Bertz CT molecular complexity index is 824. The number of anilines is 1. The van der Waals surface area contributed by atoms with Crippen LogP contribution in [-0.2, 0) is 11.3 Å². The number of hydrogen-bond acceptors (Lipinski definition) is 4. The molecule has 1 fully saturated rings. The molecule has 2 N–H and O–H groups in total. The van der Waals surface area contributed by atoms with Crippen molar-refractivity contribution in [1.29, 1.82) is 0 Å². The summed E-state index contributed by atoms with van der Waals surface area (Å²) in [5.74, 6) is 1.16. The largest absolute Gasteiger partial charge is 0.322 e. The van der Waals surface area contributed by atoms with E-state index < -0.39 is 6.04 Å². The van der Waals surface area contributed by atoms with E-state index in [9.17, 15) is 9.59 Å². The summed E-state index contributed by atoms with van der Waals surface area (Å²) in [6.07, 6.45) is 2.22. The third kappa shape index (κ3) is 2.90. The van der Waals surface area contributed by atoms with Crippen LogP contribution in [0.2, 0.25) is 0 Å². The number of amides is 2. The minimum atomic E-state index is -0.567. The van der Waals surface area contributed by atoms with Crippen molar-refractivity contribution in [3.8, 4) is 0 Å². The number of H-pyrrole nitrogens is 1. The van der Waals surface area contributed by atoms with Gasteiger partial charge in [0.15, 0.2) is 0 Å². The minimum Gasteiger partial charge on any atom is -0.322 e. The average Bonchev–Trinajstić information content (AvgIpc) is 3.25. The zero-order valence-corrected chi connectivity index (χ0v) is 14.3. The maximum absolute atomic E-state index is 12.8. The van der Waals surface area contributed by atoms with Crippen LogP contribution < -0.4 is 5.32 Å². The van der Waals surface area contributed by atoms with E-state index >= 15 is 0 Å². The Hall–Kier alpha value is -2.70. The first-order valence-electron chi connectivity index (χ1n) is 8.66. The molecule has 7 nitrogen and oxygen atoms in total. The molecule has 2 aromatic rings. The van der Waals surface area contributed by atoms with E-state index in [1.54, 1.807) is 4.90 Å². The van der Waals surface area contributed by atoms with Crippen LogP contribution in [0.25, 0.3) is 0 Å². The fraction of sp³-hybridized carbons (Fsp3) is 0.444. The predicted octanol–water partition coefficient (Wildman–Crippen LogP) is 2.30. The molecule has 1 saturated carbocycles. The van der Waals surface area contributed by atoms with Crippen molar-refractivity contribution in [2.24, 2.45) is 5.92 Å². The molecule has 0 saturated heterocycles. The van der Waals surface area contributed by atoms with Gasteiger partial charge in [-0.15, -0.1) is 5.10 Å². The van der Waals surface area contributed by atoms with Crippen molar-refractivity contribution < 1.29 is 9.59 Å². The van der Waals surface area contributed by atoms with Gasteiger partial charge in [0.25, 0.3) is 5.91 Å². The normalized spacial score (nSPS) is 17.7. The second-order valence-electron chi connectivity index (χ2n) is 7.09. The highest BCUT2D eigenvalue weighted by atomic mass is 16.2. The Morgan fingerprint density at radius 3 is 2.76 bits per heavy atom. The van der Waals surface area contributed by atoms with Crippen LogP contribution in [0, 0.1) is 5.92 Å². The van der Waals surface area contributed by atoms with Gasteiger partial charge < -0.3 is 4.90 Å². The summed E-state index contributed by atoms with van der Waals surface area (Å²) in [5, 5.41) is 9.71. The molecule has 2 amide bonds. The standard InChI is InChI=1S/C18H21N5O2/c1-10(2)14(23-9-12-5-3-4-6-13(12)17(23)25)16(24)20-18-19-15(21-22-18)11-7-8-11/h3-6,10-11,14H,7-9H2,1-2H3,(H2,19,20,21,22,24). The Kier molecular flexibility index (Phi) is 3.78. The average molecular weight is 339 g/mol. The number of benzene rings is 1. The molecule has 4 rings (SSSR count). The van der Waals surface area contributed by atoms with Gasteiger partial charge in [-0.3, -0.25) is 20.0 Å². The summed E-state index contributed by atoms with van der Waals surface area (Å²) < 4.78 is 0. The molecule has 1 aromatic carbocycles. The highest BCUT2D eigenvalue weighted by Gasteiger charge is 2.38. The zero-order chi connectivity index (χ0) is 17.6. The van der Waals surface area contributed by atoms with E-state index in [4.69, 9.17) is 0 Å². The van der Waals surface area contributed by atoms with Gasteiger partial charge in [0.1, 0.15) is 11.9 Å². The first-order valence-corrected chi connectivity index (χ1v) is 8.66. The molecule has 7 heteroatoms. The number of aromatic amines is 1. The van der Waals surface area contributed by atoms with Crippen molar-refractivity contribution in [2.45, 2.75) is 45.2 Å². The minimum absolute atomic E-state index is 0.0277. The SMILES string of the molecule is CC(C)C(C(=O)Nc1n[nH]c(C2CC2)n1)N1Cc2ccccc2C1=O. The number of carbonyl (C=O) groups excluding carboxylic acids is 2. The molecule has 2 heterocycles. The van der Waals surface area contributed by atoms with Crippen LogP contribution in [0.3, 0.4) is 0 Å². The van der Waals surface area contributed by atoms with E-state index in [-0.39, 0.29) is 23.7 Å². The summed E-state index contributed by atoms with van der Waals surface area (Å²) in [6, 6.07) is 6.93. The van der Waals surface area contributed by atoms with Crippen molar-refractivity contribution in [2.75, 3.05) is 5.32 Å². The Balaban J connectivity index is 1.52. The molecule has 1 aliphatic carbocycles. The maximum Gasteiger partial charge on any atom is 0.255 e. The van der Waals surface area contributed by atoms with Gasteiger partial charge in [-0.25, -0.2) is 0 Å². The number of fused-ring (bicyclic) bond motifs is 1. The maximum atomic E-state index is 12.8. The second kappa shape index (κ2) is 5.98. The Labute approximate surface area is 145 Å². The monoisotopic (exact) mass is 339 g/mol. The molecule has 0 bridgehead atoms. The van der Waals surface area contributed by atoms with Gasteiger partial charge in [0, 0.05) is 18.0 Å². The number of aromatic nitrogens is 3. The fourth-order valence-corrected chi connectivity index (χ4v) is 3.36. The van der Waals surface area contributed by atoms with E-state index in [0.29, 0.717) is 18.0 Å². The van der Waals surface area contributed by atoms with E-state index in [1.165, 1.54) is 0 Å². The second-order valence-corrected chi connectivity index (χ2v) is 7.09. The topological polar surface area (TPSA) is 91.0 Å². The number of nitrogens with zero attached hydrogens (tertiary/aromatic N) is 3. The zero-order valence-electron chi connectivity index (χ0n) is 14.3. The van der Waals surface area contributed by atoms with Crippen LogP contribution in [0.1, 0.15) is 54.4 Å². The molecule has 2 aliphatic rings. The van der Waals surface area contributed by atoms with Gasteiger partial charge in [0.05, 0.1) is 0 Å². The highest BCUT2D eigenvalue weighted by Crippen LogP contribution is 2.38. The van der Waals surface area contributed by atoms with Crippen LogP contribution in [0.4, 0.5) is 5.95 Å². The first-order chi connectivity index (χ1) is 12.0. The van der Waals surface area contributed by atoms with E-state index in [1.807, 2.05) is 38.1 Å². The molecule has 0 radical (unpaired) electrons. The number of nitrogens with one attached hydrogen (secondary N) is 2. The lowest BCUT2D eigenvalue weighted by molar-refractivity contribution is -0.122. The Morgan fingerprint density at radius 2 is 2.08 bits per heavy atom. The van der Waals surface area contributed by atoms with Gasteiger partial charge in [-0.1, -0.05) is 32.0 Å². The molecular formula is C18H21N5O2.